The quantitative estimate of drug-likeness (QED) is 0.647. The van der Waals surface area contributed by atoms with E-state index in [9.17, 15) is 5.11 Å². The summed E-state index contributed by atoms with van der Waals surface area (Å²) in [4.78, 5) is 15.9. The number of aliphatic hydroxyl groups excluding tert-OH is 1. The molecule has 3 aromatic rings. The summed E-state index contributed by atoms with van der Waals surface area (Å²) in [5, 5.41) is 10.4. The van der Waals surface area contributed by atoms with Crippen LogP contribution in [0.4, 0.5) is 11.6 Å². The first-order valence-electron chi connectivity index (χ1n) is 10.7. The average molecular weight is 436 g/mol. The summed E-state index contributed by atoms with van der Waals surface area (Å²) in [5.74, 6) is 1.03. The lowest BCUT2D eigenvalue weighted by Gasteiger charge is -2.40. The lowest BCUT2D eigenvalue weighted by Crippen LogP contribution is -2.41. The normalized spacial score (nSPS) is 17.2. The van der Waals surface area contributed by atoms with Crippen molar-refractivity contribution < 1.29 is 5.11 Å². The van der Waals surface area contributed by atoms with Crippen molar-refractivity contribution in [3.05, 3.63) is 64.1 Å². The fourth-order valence-electron chi connectivity index (χ4n) is 5.12. The Balaban J connectivity index is 1.40. The minimum Gasteiger partial charge on any atom is -0.390 e. The first-order chi connectivity index (χ1) is 15.0. The van der Waals surface area contributed by atoms with Crippen LogP contribution in [0.25, 0.3) is 11.3 Å². The molecule has 0 bridgehead atoms. The number of benzene rings is 1. The Bertz CT molecular complexity index is 1110. The first-order valence-corrected chi connectivity index (χ1v) is 11.1. The average Bonchev–Trinajstić information content (AvgIpc) is 3.14. The molecule has 1 aliphatic carbocycles. The third kappa shape index (κ3) is 3.54. The fraction of sp³-hybridized carbons (Fsp3) is 0.375. The van der Waals surface area contributed by atoms with Gasteiger partial charge in [0.25, 0.3) is 0 Å². The number of aliphatic hydroxyl groups is 1. The Morgan fingerprint density at radius 1 is 1.10 bits per heavy atom. The Labute approximate surface area is 187 Å². The van der Waals surface area contributed by atoms with Gasteiger partial charge in [-0.05, 0) is 55.2 Å². The van der Waals surface area contributed by atoms with Gasteiger partial charge >= 0.3 is 0 Å². The highest BCUT2D eigenvalue weighted by Crippen LogP contribution is 2.45. The van der Waals surface area contributed by atoms with E-state index in [0.29, 0.717) is 27.4 Å². The van der Waals surface area contributed by atoms with E-state index >= 15 is 0 Å². The van der Waals surface area contributed by atoms with Crippen LogP contribution >= 0.6 is 11.6 Å². The molecule has 2 aliphatic rings. The summed E-state index contributed by atoms with van der Waals surface area (Å²) in [6, 6.07) is 10.6. The number of pyridine rings is 1. The third-order valence-electron chi connectivity index (χ3n) is 6.82. The smallest absolute Gasteiger partial charge is 0.153 e. The van der Waals surface area contributed by atoms with E-state index in [2.05, 4.69) is 34.1 Å². The molecule has 1 aromatic carbocycles. The van der Waals surface area contributed by atoms with Crippen LogP contribution < -0.4 is 10.6 Å². The largest absolute Gasteiger partial charge is 0.390 e. The Hall–Kier alpha value is -2.70. The van der Waals surface area contributed by atoms with Crippen molar-refractivity contribution in [3.63, 3.8) is 0 Å². The zero-order chi connectivity index (χ0) is 21.6. The summed E-state index contributed by atoms with van der Waals surface area (Å²) >= 11 is 6.36. The second-order valence-corrected chi connectivity index (χ2v) is 9.13. The van der Waals surface area contributed by atoms with Crippen molar-refractivity contribution in [1.29, 1.82) is 0 Å². The van der Waals surface area contributed by atoms with Crippen molar-refractivity contribution in [3.8, 4) is 11.3 Å². The van der Waals surface area contributed by atoms with Crippen LogP contribution in [-0.2, 0) is 19.4 Å². The highest BCUT2D eigenvalue weighted by atomic mass is 35.5. The number of nitrogen functional groups attached to an aromatic ring is 1. The second-order valence-electron chi connectivity index (χ2n) is 8.75. The summed E-state index contributed by atoms with van der Waals surface area (Å²) in [7, 11) is 0. The predicted octanol–water partition coefficient (Wildman–Crippen LogP) is 3.96. The molecule has 6 nitrogen and oxygen atoms in total. The lowest BCUT2D eigenvalue weighted by molar-refractivity contribution is 0.231. The minimum atomic E-state index is -0.180. The topological polar surface area (TPSA) is 88.2 Å². The predicted molar refractivity (Wildman–Crippen MR) is 123 cm³/mol. The highest BCUT2D eigenvalue weighted by molar-refractivity contribution is 6.35. The highest BCUT2D eigenvalue weighted by Gasteiger charge is 2.40. The van der Waals surface area contributed by atoms with Crippen LogP contribution in [0.2, 0.25) is 5.02 Å². The molecule has 0 saturated carbocycles. The van der Waals surface area contributed by atoms with Crippen molar-refractivity contribution in [2.45, 2.75) is 39.2 Å². The molecule has 31 heavy (non-hydrogen) atoms. The van der Waals surface area contributed by atoms with Crippen LogP contribution in [0.5, 0.6) is 0 Å². The second kappa shape index (κ2) is 7.77. The molecule has 0 unspecified atom stereocenters. The van der Waals surface area contributed by atoms with Crippen LogP contribution in [0.1, 0.15) is 35.4 Å². The van der Waals surface area contributed by atoms with E-state index in [4.69, 9.17) is 27.3 Å². The van der Waals surface area contributed by atoms with Gasteiger partial charge in [-0.25, -0.2) is 15.0 Å². The molecule has 7 heteroatoms. The standard InChI is InChI=1S/C24H26ClN5O/c1-15-21(18-6-9-27-22(26)20(18)25)29-19(14-31)23(28-15)30-10-7-24(8-11-30)12-16-4-2-3-5-17(16)13-24/h2-6,9,31H,7-8,10-14H2,1H3,(H2,26,27). The van der Waals surface area contributed by atoms with Crippen molar-refractivity contribution in [1.82, 2.24) is 15.0 Å². The lowest BCUT2D eigenvalue weighted by atomic mass is 9.76. The number of aromatic nitrogens is 3. The molecule has 3 N–H and O–H groups in total. The van der Waals surface area contributed by atoms with Crippen molar-refractivity contribution in [2.24, 2.45) is 5.41 Å². The van der Waals surface area contributed by atoms with Gasteiger partial charge < -0.3 is 15.7 Å². The number of hydrogen-bond acceptors (Lipinski definition) is 6. The maximum absolute atomic E-state index is 10.1. The fourth-order valence-corrected chi connectivity index (χ4v) is 5.32. The molecule has 1 spiro atoms. The number of hydrogen-bond donors (Lipinski definition) is 2. The van der Waals surface area contributed by atoms with Crippen LogP contribution in [0, 0.1) is 12.3 Å². The molecule has 0 amide bonds. The summed E-state index contributed by atoms with van der Waals surface area (Å²) < 4.78 is 0. The molecule has 2 aromatic heterocycles. The molecular weight excluding hydrogens is 410 g/mol. The molecule has 1 fully saturated rings. The van der Waals surface area contributed by atoms with E-state index in [1.165, 1.54) is 11.1 Å². The Morgan fingerprint density at radius 2 is 1.77 bits per heavy atom. The van der Waals surface area contributed by atoms with Gasteiger partial charge in [-0.15, -0.1) is 0 Å². The maximum atomic E-state index is 10.1. The van der Waals surface area contributed by atoms with Gasteiger partial charge in [0.15, 0.2) is 5.82 Å². The Kier molecular flexibility index (Phi) is 5.07. The summed E-state index contributed by atoms with van der Waals surface area (Å²) in [5.41, 5.74) is 11.9. The number of fused-ring (bicyclic) bond motifs is 1. The summed E-state index contributed by atoms with van der Waals surface area (Å²) in [6.07, 6.45) is 6.16. The summed E-state index contributed by atoms with van der Waals surface area (Å²) in [6.45, 7) is 3.56. The van der Waals surface area contributed by atoms with Gasteiger partial charge in [-0.1, -0.05) is 35.9 Å². The van der Waals surface area contributed by atoms with Gasteiger partial charge in [0.2, 0.25) is 0 Å². The van der Waals surface area contributed by atoms with Gasteiger partial charge in [0.1, 0.15) is 11.5 Å². The molecule has 160 valence electrons. The van der Waals surface area contributed by atoms with Crippen molar-refractivity contribution in [2.75, 3.05) is 23.7 Å². The number of halogens is 1. The molecule has 3 heterocycles. The molecule has 0 radical (unpaired) electrons. The molecule has 1 aliphatic heterocycles. The molecule has 0 atom stereocenters. The van der Waals surface area contributed by atoms with E-state index < -0.39 is 0 Å². The van der Waals surface area contributed by atoms with Gasteiger partial charge in [0, 0.05) is 24.8 Å². The van der Waals surface area contributed by atoms with Crippen LogP contribution in [-0.4, -0.2) is 33.1 Å². The van der Waals surface area contributed by atoms with Gasteiger partial charge in [-0.3, -0.25) is 0 Å². The number of nitrogens with zero attached hydrogens (tertiary/aromatic N) is 4. The van der Waals surface area contributed by atoms with E-state index in [1.807, 2.05) is 6.92 Å². The number of rotatable bonds is 3. The van der Waals surface area contributed by atoms with E-state index in [1.54, 1.807) is 12.3 Å². The molecule has 5 rings (SSSR count). The molecule has 1 saturated heterocycles. The zero-order valence-electron chi connectivity index (χ0n) is 17.6. The number of nitrogens with two attached hydrogens (primary N) is 1. The van der Waals surface area contributed by atoms with E-state index in [0.717, 1.165) is 50.3 Å². The van der Waals surface area contributed by atoms with Gasteiger partial charge in [0.05, 0.1) is 23.0 Å². The molecular formula is C24H26ClN5O. The zero-order valence-corrected chi connectivity index (χ0v) is 18.4. The van der Waals surface area contributed by atoms with E-state index in [-0.39, 0.29) is 12.4 Å². The number of piperidine rings is 1. The van der Waals surface area contributed by atoms with Crippen LogP contribution in [0.3, 0.4) is 0 Å². The third-order valence-corrected chi connectivity index (χ3v) is 7.21. The monoisotopic (exact) mass is 435 g/mol. The Morgan fingerprint density at radius 3 is 2.42 bits per heavy atom. The minimum absolute atomic E-state index is 0.180. The number of anilines is 2. The number of aryl methyl sites for hydroxylation is 1. The van der Waals surface area contributed by atoms with Gasteiger partial charge in [-0.2, -0.15) is 0 Å². The SMILES string of the molecule is Cc1nc(N2CCC3(CC2)Cc2ccccc2C3)c(CO)nc1-c1ccnc(N)c1Cl. The maximum Gasteiger partial charge on any atom is 0.153 e. The van der Waals surface area contributed by atoms with Crippen molar-refractivity contribution >= 4 is 23.2 Å². The van der Waals surface area contributed by atoms with Crippen LogP contribution in [0.15, 0.2) is 36.5 Å². The first kappa shape index (κ1) is 20.2.